The molecular weight excluding hydrogens is 336 g/mol. The summed E-state index contributed by atoms with van der Waals surface area (Å²) in [5.41, 5.74) is -0.144. The van der Waals surface area contributed by atoms with Crippen molar-refractivity contribution in [3.8, 4) is 0 Å². The Bertz CT molecular complexity index is 549. The summed E-state index contributed by atoms with van der Waals surface area (Å²) in [6.45, 7) is 2.25. The lowest BCUT2D eigenvalue weighted by atomic mass is 10.0. The molecule has 2 fully saturated rings. The number of nitrogens with zero attached hydrogens (tertiary/aromatic N) is 1. The van der Waals surface area contributed by atoms with Gasteiger partial charge in [0.05, 0.1) is 13.2 Å². The van der Waals surface area contributed by atoms with Gasteiger partial charge in [-0.1, -0.05) is 15.9 Å². The molecule has 0 aromatic heterocycles. The van der Waals surface area contributed by atoms with Crippen LogP contribution < -0.4 is 5.32 Å². The number of halogens is 1. The fourth-order valence-electron chi connectivity index (χ4n) is 2.52. The van der Waals surface area contributed by atoms with Crippen LogP contribution in [0.1, 0.15) is 12.8 Å². The Morgan fingerprint density at radius 2 is 1.76 bits per heavy atom. The van der Waals surface area contributed by atoms with Gasteiger partial charge in [-0.25, -0.2) is 0 Å². The molecule has 1 N–H and O–H groups in total. The van der Waals surface area contributed by atoms with Crippen LogP contribution >= 0.6 is 15.9 Å². The highest BCUT2D eigenvalue weighted by molar-refractivity contribution is 9.10. The van der Waals surface area contributed by atoms with Gasteiger partial charge in [0.2, 0.25) is 11.8 Å². The summed E-state index contributed by atoms with van der Waals surface area (Å²) in [4.78, 5) is 26.8. The lowest BCUT2D eigenvalue weighted by Crippen LogP contribution is -2.47. The van der Waals surface area contributed by atoms with E-state index in [-0.39, 0.29) is 11.8 Å². The molecule has 1 aliphatic carbocycles. The predicted octanol–water partition coefficient (Wildman–Crippen LogP) is 2.03. The van der Waals surface area contributed by atoms with Crippen molar-refractivity contribution in [3.05, 3.63) is 28.7 Å². The molecule has 1 saturated carbocycles. The molecule has 0 atom stereocenters. The highest BCUT2D eigenvalue weighted by Gasteiger charge is 2.58. The van der Waals surface area contributed by atoms with E-state index in [4.69, 9.17) is 4.74 Å². The Morgan fingerprint density at radius 1 is 1.14 bits per heavy atom. The molecule has 1 heterocycles. The number of ether oxygens (including phenoxy) is 1. The second-order valence-electron chi connectivity index (χ2n) is 5.45. The molecule has 1 aromatic carbocycles. The van der Waals surface area contributed by atoms with Crippen molar-refractivity contribution in [2.45, 2.75) is 12.8 Å². The molecule has 0 spiro atoms. The van der Waals surface area contributed by atoms with E-state index in [0.29, 0.717) is 44.8 Å². The standard InChI is InChI=1S/C15H17BrN2O3/c16-11-1-3-12(4-2-11)17-13(19)15(5-6-15)14(20)18-7-9-21-10-8-18/h1-4H,5-10H2,(H,17,19). The second kappa shape index (κ2) is 5.77. The molecule has 5 nitrogen and oxygen atoms in total. The van der Waals surface area contributed by atoms with Crippen LogP contribution in [0.3, 0.4) is 0 Å². The van der Waals surface area contributed by atoms with Crippen molar-refractivity contribution in [3.63, 3.8) is 0 Å². The molecule has 2 aliphatic rings. The lowest BCUT2D eigenvalue weighted by Gasteiger charge is -2.30. The zero-order valence-electron chi connectivity index (χ0n) is 11.6. The Morgan fingerprint density at radius 3 is 2.33 bits per heavy atom. The Balaban J connectivity index is 1.68. The van der Waals surface area contributed by atoms with E-state index >= 15 is 0 Å². The maximum atomic E-state index is 12.6. The zero-order valence-corrected chi connectivity index (χ0v) is 13.2. The van der Waals surface area contributed by atoms with E-state index in [9.17, 15) is 9.59 Å². The number of benzene rings is 1. The van der Waals surface area contributed by atoms with Gasteiger partial charge in [-0.3, -0.25) is 9.59 Å². The topological polar surface area (TPSA) is 58.6 Å². The number of amides is 2. The Hall–Kier alpha value is -1.40. The highest BCUT2D eigenvalue weighted by atomic mass is 79.9. The maximum Gasteiger partial charge on any atom is 0.240 e. The summed E-state index contributed by atoms with van der Waals surface area (Å²) in [5.74, 6) is -0.248. The number of hydrogen-bond donors (Lipinski definition) is 1. The van der Waals surface area contributed by atoms with Crippen molar-refractivity contribution in [1.29, 1.82) is 0 Å². The third-order valence-electron chi connectivity index (χ3n) is 3.99. The molecule has 3 rings (SSSR count). The SMILES string of the molecule is O=C(Nc1ccc(Br)cc1)C1(C(=O)N2CCOCC2)CC1. The Kier molecular flexibility index (Phi) is 3.99. The van der Waals surface area contributed by atoms with E-state index in [1.165, 1.54) is 0 Å². The molecule has 2 amide bonds. The lowest BCUT2D eigenvalue weighted by molar-refractivity contribution is -0.145. The van der Waals surface area contributed by atoms with E-state index in [0.717, 1.165) is 4.47 Å². The van der Waals surface area contributed by atoms with E-state index < -0.39 is 5.41 Å². The van der Waals surface area contributed by atoms with Crippen molar-refractivity contribution >= 4 is 33.4 Å². The van der Waals surface area contributed by atoms with Gasteiger partial charge in [0.1, 0.15) is 5.41 Å². The summed E-state index contributed by atoms with van der Waals surface area (Å²) in [6, 6.07) is 7.35. The summed E-state index contributed by atoms with van der Waals surface area (Å²) in [6.07, 6.45) is 1.26. The minimum absolute atomic E-state index is 0.0552. The van der Waals surface area contributed by atoms with E-state index in [2.05, 4.69) is 21.2 Å². The van der Waals surface area contributed by atoms with E-state index in [1.54, 1.807) is 4.90 Å². The van der Waals surface area contributed by atoms with E-state index in [1.807, 2.05) is 24.3 Å². The van der Waals surface area contributed by atoms with Gasteiger partial charge >= 0.3 is 0 Å². The van der Waals surface area contributed by atoms with Gasteiger partial charge in [0.15, 0.2) is 0 Å². The molecule has 1 aromatic rings. The average molecular weight is 353 g/mol. The number of hydrogen-bond acceptors (Lipinski definition) is 3. The van der Waals surface area contributed by atoms with Crippen molar-refractivity contribution in [2.24, 2.45) is 5.41 Å². The predicted molar refractivity (Wildman–Crippen MR) is 81.8 cm³/mol. The molecular formula is C15H17BrN2O3. The first kappa shape index (κ1) is 14.5. The smallest absolute Gasteiger partial charge is 0.240 e. The minimum Gasteiger partial charge on any atom is -0.378 e. The van der Waals surface area contributed by atoms with Gasteiger partial charge < -0.3 is 15.0 Å². The van der Waals surface area contributed by atoms with Crippen LogP contribution in [0.15, 0.2) is 28.7 Å². The first-order chi connectivity index (χ1) is 10.1. The summed E-state index contributed by atoms with van der Waals surface area (Å²) >= 11 is 3.35. The molecule has 0 unspecified atom stereocenters. The summed E-state index contributed by atoms with van der Waals surface area (Å²) in [7, 11) is 0. The third kappa shape index (κ3) is 2.96. The van der Waals surface area contributed by atoms with Crippen LogP contribution in [-0.4, -0.2) is 43.0 Å². The van der Waals surface area contributed by atoms with Gasteiger partial charge in [-0.15, -0.1) is 0 Å². The van der Waals surface area contributed by atoms with Gasteiger partial charge in [0, 0.05) is 23.2 Å². The number of rotatable bonds is 3. The number of morpholine rings is 1. The number of nitrogens with one attached hydrogen (secondary N) is 1. The Labute approximate surface area is 131 Å². The molecule has 6 heteroatoms. The van der Waals surface area contributed by atoms with Crippen LogP contribution in [0.4, 0.5) is 5.69 Å². The third-order valence-corrected chi connectivity index (χ3v) is 4.52. The van der Waals surface area contributed by atoms with Crippen molar-refractivity contribution in [1.82, 2.24) is 4.90 Å². The number of anilines is 1. The monoisotopic (exact) mass is 352 g/mol. The van der Waals surface area contributed by atoms with Crippen LogP contribution in [0.2, 0.25) is 0 Å². The molecule has 21 heavy (non-hydrogen) atoms. The van der Waals surface area contributed by atoms with Crippen molar-refractivity contribution < 1.29 is 14.3 Å². The van der Waals surface area contributed by atoms with Crippen LogP contribution in [0, 0.1) is 5.41 Å². The number of carbonyl (C=O) groups excluding carboxylic acids is 2. The maximum absolute atomic E-state index is 12.6. The molecule has 0 radical (unpaired) electrons. The molecule has 1 saturated heterocycles. The molecule has 112 valence electrons. The fraction of sp³-hybridized carbons (Fsp3) is 0.467. The van der Waals surface area contributed by atoms with Crippen LogP contribution in [0.5, 0.6) is 0 Å². The molecule has 1 aliphatic heterocycles. The number of carbonyl (C=O) groups is 2. The first-order valence-corrected chi connectivity index (χ1v) is 7.85. The van der Waals surface area contributed by atoms with Crippen LogP contribution in [0.25, 0.3) is 0 Å². The normalized spacial score (nSPS) is 20.0. The minimum atomic E-state index is -0.857. The fourth-order valence-corrected chi connectivity index (χ4v) is 2.78. The summed E-state index contributed by atoms with van der Waals surface area (Å²) < 4.78 is 6.20. The zero-order chi connectivity index (χ0) is 14.9. The van der Waals surface area contributed by atoms with Crippen molar-refractivity contribution in [2.75, 3.05) is 31.6 Å². The second-order valence-corrected chi connectivity index (χ2v) is 6.36. The first-order valence-electron chi connectivity index (χ1n) is 7.06. The molecule has 0 bridgehead atoms. The van der Waals surface area contributed by atoms with Gasteiger partial charge in [-0.05, 0) is 37.1 Å². The highest BCUT2D eigenvalue weighted by Crippen LogP contribution is 2.48. The summed E-state index contributed by atoms with van der Waals surface area (Å²) in [5, 5.41) is 2.85. The quantitative estimate of drug-likeness (QED) is 0.846. The van der Waals surface area contributed by atoms with Crippen LogP contribution in [-0.2, 0) is 14.3 Å². The largest absolute Gasteiger partial charge is 0.378 e. The van der Waals surface area contributed by atoms with Gasteiger partial charge in [-0.2, -0.15) is 0 Å². The average Bonchev–Trinajstić information content (AvgIpc) is 3.31. The van der Waals surface area contributed by atoms with Gasteiger partial charge in [0.25, 0.3) is 0 Å².